The third-order valence-corrected chi connectivity index (χ3v) is 4.95. The SMILES string of the molecule is CC/C(C#N)=C(\C)N=C(C)N1CCC(NC2C=COCC2)CC1C. The first kappa shape index (κ1) is 18.5. The van der Waals surface area contributed by atoms with E-state index >= 15 is 0 Å². The average molecular weight is 330 g/mol. The number of nitrogens with one attached hydrogen (secondary N) is 1. The van der Waals surface area contributed by atoms with Crippen LogP contribution in [-0.2, 0) is 4.74 Å². The van der Waals surface area contributed by atoms with E-state index in [1.807, 2.05) is 20.1 Å². The molecule has 1 N–H and O–H groups in total. The molecule has 0 amide bonds. The van der Waals surface area contributed by atoms with E-state index in [0.29, 0.717) is 18.1 Å². The molecule has 5 heteroatoms. The summed E-state index contributed by atoms with van der Waals surface area (Å²) >= 11 is 0. The van der Waals surface area contributed by atoms with E-state index < -0.39 is 0 Å². The fourth-order valence-electron chi connectivity index (χ4n) is 3.55. The molecule has 0 spiro atoms. The highest BCUT2D eigenvalue weighted by Crippen LogP contribution is 2.20. The van der Waals surface area contributed by atoms with Gasteiger partial charge >= 0.3 is 0 Å². The standard InChI is InChI=1S/C19H30N4O/c1-5-17(13-20)15(3)21-16(4)23-9-6-19(12-14(23)2)22-18-7-10-24-11-8-18/h7,10,14,18-19,22H,5-6,8-9,11-12H2,1-4H3/b17-15-,21-16?. The molecule has 0 saturated carbocycles. The number of nitrogens with zero attached hydrogens (tertiary/aromatic N) is 3. The second kappa shape index (κ2) is 8.89. The number of hydrogen-bond donors (Lipinski definition) is 1. The molecule has 2 aliphatic rings. The van der Waals surface area contributed by atoms with E-state index in [1.165, 1.54) is 0 Å². The molecular formula is C19H30N4O. The Kier molecular flexibility index (Phi) is 6.86. The van der Waals surface area contributed by atoms with Crippen LogP contribution < -0.4 is 5.32 Å². The molecule has 0 aromatic heterocycles. The molecule has 2 aliphatic heterocycles. The molecule has 3 unspecified atom stereocenters. The molecule has 24 heavy (non-hydrogen) atoms. The Morgan fingerprint density at radius 2 is 2.21 bits per heavy atom. The van der Waals surface area contributed by atoms with Gasteiger partial charge in [0.25, 0.3) is 0 Å². The van der Waals surface area contributed by atoms with Crippen molar-refractivity contribution in [3.05, 3.63) is 23.6 Å². The van der Waals surface area contributed by atoms with Crippen molar-refractivity contribution >= 4 is 5.84 Å². The molecular weight excluding hydrogens is 300 g/mol. The predicted octanol–water partition coefficient (Wildman–Crippen LogP) is 3.36. The minimum atomic E-state index is 0.435. The lowest BCUT2D eigenvalue weighted by atomic mass is 9.96. The topological polar surface area (TPSA) is 60.7 Å². The Bertz CT molecular complexity index is 558. The normalized spacial score (nSPS) is 28.9. The maximum atomic E-state index is 9.15. The van der Waals surface area contributed by atoms with Crippen LogP contribution in [0.4, 0.5) is 0 Å². The fourth-order valence-corrected chi connectivity index (χ4v) is 3.55. The second-order valence-corrected chi connectivity index (χ2v) is 6.71. The Hall–Kier alpha value is -1.80. The molecule has 132 valence electrons. The van der Waals surface area contributed by atoms with Gasteiger partial charge in [0.1, 0.15) is 5.84 Å². The number of nitriles is 1. The Morgan fingerprint density at radius 3 is 2.79 bits per heavy atom. The Morgan fingerprint density at radius 1 is 1.42 bits per heavy atom. The van der Waals surface area contributed by atoms with Crippen LogP contribution in [0.15, 0.2) is 28.6 Å². The molecule has 0 bridgehead atoms. The summed E-state index contributed by atoms with van der Waals surface area (Å²) in [6.07, 6.45) is 7.94. The van der Waals surface area contributed by atoms with Gasteiger partial charge in [-0.1, -0.05) is 6.92 Å². The van der Waals surface area contributed by atoms with E-state index in [4.69, 9.17) is 10.00 Å². The van der Waals surface area contributed by atoms with Crippen molar-refractivity contribution in [3.63, 3.8) is 0 Å². The quantitative estimate of drug-likeness (QED) is 0.488. The molecule has 1 saturated heterocycles. The molecule has 0 radical (unpaired) electrons. The molecule has 0 aliphatic carbocycles. The van der Waals surface area contributed by atoms with Crippen LogP contribution in [0.3, 0.4) is 0 Å². The summed E-state index contributed by atoms with van der Waals surface area (Å²) in [4.78, 5) is 7.05. The minimum Gasteiger partial charge on any atom is -0.501 e. The largest absolute Gasteiger partial charge is 0.501 e. The molecule has 2 rings (SSSR count). The zero-order valence-corrected chi connectivity index (χ0v) is 15.4. The van der Waals surface area contributed by atoms with Crippen LogP contribution in [0.5, 0.6) is 0 Å². The van der Waals surface area contributed by atoms with Crippen LogP contribution in [0.25, 0.3) is 0 Å². The lowest BCUT2D eigenvalue weighted by Crippen LogP contribution is -2.51. The van der Waals surface area contributed by atoms with E-state index in [2.05, 4.69) is 41.2 Å². The van der Waals surface area contributed by atoms with Gasteiger partial charge in [0, 0.05) is 31.1 Å². The van der Waals surface area contributed by atoms with Gasteiger partial charge in [0.15, 0.2) is 0 Å². The number of allylic oxidation sites excluding steroid dienone is 2. The number of ether oxygens (including phenoxy) is 1. The summed E-state index contributed by atoms with van der Waals surface area (Å²) in [5.74, 6) is 1.02. The Balaban J connectivity index is 1.95. The van der Waals surface area contributed by atoms with E-state index in [9.17, 15) is 0 Å². The number of rotatable bonds is 4. The zero-order chi connectivity index (χ0) is 17.5. The first-order valence-electron chi connectivity index (χ1n) is 9.01. The lowest BCUT2D eigenvalue weighted by molar-refractivity contribution is 0.183. The van der Waals surface area contributed by atoms with E-state index in [0.717, 1.165) is 55.9 Å². The van der Waals surface area contributed by atoms with Gasteiger partial charge in [0.05, 0.1) is 30.2 Å². The van der Waals surface area contributed by atoms with Gasteiger partial charge in [-0.05, 0) is 46.1 Å². The summed E-state index contributed by atoms with van der Waals surface area (Å²) in [5.41, 5.74) is 1.61. The summed E-state index contributed by atoms with van der Waals surface area (Å²) < 4.78 is 5.26. The molecule has 2 heterocycles. The minimum absolute atomic E-state index is 0.435. The highest BCUT2D eigenvalue weighted by Gasteiger charge is 2.27. The predicted molar refractivity (Wildman–Crippen MR) is 97.5 cm³/mol. The lowest BCUT2D eigenvalue weighted by Gasteiger charge is -2.40. The highest BCUT2D eigenvalue weighted by molar-refractivity contribution is 5.81. The van der Waals surface area contributed by atoms with Crippen molar-refractivity contribution in [1.29, 1.82) is 5.26 Å². The molecule has 1 fully saturated rings. The van der Waals surface area contributed by atoms with Crippen molar-refractivity contribution < 1.29 is 4.74 Å². The molecule has 0 aromatic carbocycles. The smallest absolute Gasteiger partial charge is 0.101 e. The van der Waals surface area contributed by atoms with E-state index in [-0.39, 0.29) is 0 Å². The number of hydrogen-bond acceptors (Lipinski definition) is 4. The van der Waals surface area contributed by atoms with Gasteiger partial charge in [-0.25, -0.2) is 4.99 Å². The summed E-state index contributed by atoms with van der Waals surface area (Å²) in [7, 11) is 0. The third kappa shape index (κ3) is 4.85. The van der Waals surface area contributed by atoms with Gasteiger partial charge in [0.2, 0.25) is 0 Å². The van der Waals surface area contributed by atoms with Crippen LogP contribution in [-0.4, -0.2) is 42.0 Å². The van der Waals surface area contributed by atoms with Crippen molar-refractivity contribution in [2.45, 2.75) is 71.5 Å². The zero-order valence-electron chi connectivity index (χ0n) is 15.4. The van der Waals surface area contributed by atoms with Gasteiger partial charge in [-0.15, -0.1) is 0 Å². The van der Waals surface area contributed by atoms with E-state index in [1.54, 1.807) is 0 Å². The van der Waals surface area contributed by atoms with Crippen molar-refractivity contribution in [2.75, 3.05) is 13.2 Å². The summed E-state index contributed by atoms with van der Waals surface area (Å²) in [6, 6.07) is 3.67. The summed E-state index contributed by atoms with van der Waals surface area (Å²) in [6.45, 7) is 10.1. The van der Waals surface area contributed by atoms with Crippen LogP contribution in [0, 0.1) is 11.3 Å². The monoisotopic (exact) mass is 330 g/mol. The fraction of sp³-hybridized carbons (Fsp3) is 0.684. The maximum absolute atomic E-state index is 9.15. The number of piperidine rings is 1. The number of amidine groups is 1. The number of aliphatic imine (C=N–C) groups is 1. The highest BCUT2D eigenvalue weighted by atomic mass is 16.5. The third-order valence-electron chi connectivity index (χ3n) is 4.95. The van der Waals surface area contributed by atoms with Gasteiger partial charge < -0.3 is 15.0 Å². The molecule has 0 aromatic rings. The first-order chi connectivity index (χ1) is 11.5. The number of likely N-dealkylation sites (tertiary alicyclic amines) is 1. The average Bonchev–Trinajstić information content (AvgIpc) is 2.57. The Labute approximate surface area is 146 Å². The van der Waals surface area contributed by atoms with Crippen LogP contribution in [0.1, 0.15) is 53.4 Å². The van der Waals surface area contributed by atoms with Crippen LogP contribution >= 0.6 is 0 Å². The van der Waals surface area contributed by atoms with Crippen molar-refractivity contribution in [2.24, 2.45) is 4.99 Å². The molecule has 3 atom stereocenters. The maximum Gasteiger partial charge on any atom is 0.101 e. The van der Waals surface area contributed by atoms with Crippen molar-refractivity contribution in [1.82, 2.24) is 10.2 Å². The summed E-state index contributed by atoms with van der Waals surface area (Å²) in [5, 5.41) is 12.9. The van der Waals surface area contributed by atoms with Crippen LogP contribution in [0.2, 0.25) is 0 Å². The molecule has 5 nitrogen and oxygen atoms in total. The first-order valence-corrected chi connectivity index (χ1v) is 9.01. The van der Waals surface area contributed by atoms with Gasteiger partial charge in [-0.3, -0.25) is 0 Å². The van der Waals surface area contributed by atoms with Gasteiger partial charge in [-0.2, -0.15) is 5.26 Å². The van der Waals surface area contributed by atoms with Crippen molar-refractivity contribution in [3.8, 4) is 6.07 Å². The second-order valence-electron chi connectivity index (χ2n) is 6.71.